The zero-order valence-corrected chi connectivity index (χ0v) is 33.3. The molecule has 1 saturated heterocycles. The Kier molecular flexibility index (Phi) is 11.5. The molecule has 3 heterocycles. The monoisotopic (exact) mass is 799 g/mol. The van der Waals surface area contributed by atoms with Crippen molar-refractivity contribution in [3.8, 4) is 22.9 Å². The number of halogens is 1. The second-order valence-electron chi connectivity index (χ2n) is 16.1. The van der Waals surface area contributed by atoms with Crippen LogP contribution in [0.3, 0.4) is 0 Å². The van der Waals surface area contributed by atoms with Gasteiger partial charge in [-0.3, -0.25) is 19.1 Å². The highest BCUT2D eigenvalue weighted by molar-refractivity contribution is 7.91. The molecule has 0 radical (unpaired) electrons. The summed E-state index contributed by atoms with van der Waals surface area (Å²) >= 11 is 6.52. The van der Waals surface area contributed by atoms with Crippen LogP contribution in [0, 0.1) is 17.8 Å². The van der Waals surface area contributed by atoms with Gasteiger partial charge in [-0.2, -0.15) is 0 Å². The first-order valence-electron chi connectivity index (χ1n) is 18.9. The lowest BCUT2D eigenvalue weighted by molar-refractivity contribution is -0.142. The van der Waals surface area contributed by atoms with Gasteiger partial charge in [0.15, 0.2) is 0 Å². The third-order valence-electron chi connectivity index (χ3n) is 11.1. The number of allylic oxidation sites excluding steroid dienone is 1. The molecule has 0 unspecified atom stereocenters. The van der Waals surface area contributed by atoms with Gasteiger partial charge in [-0.15, -0.1) is 0 Å². The second kappa shape index (κ2) is 15.6. The van der Waals surface area contributed by atoms with E-state index >= 15 is 0 Å². The van der Waals surface area contributed by atoms with Gasteiger partial charge in [0.25, 0.3) is 5.91 Å². The number of carboxylic acid groups (broad SMARTS) is 1. The number of benzene rings is 1. The van der Waals surface area contributed by atoms with Crippen molar-refractivity contribution in [3.05, 3.63) is 53.6 Å². The number of ether oxygens (including phenoxy) is 2. The number of hydrogen-bond donors (Lipinski definition) is 4. The molecule has 7 atom stereocenters. The van der Waals surface area contributed by atoms with E-state index < -0.39 is 74.1 Å². The summed E-state index contributed by atoms with van der Waals surface area (Å²) in [4.78, 5) is 60.5. The van der Waals surface area contributed by atoms with E-state index in [0.717, 1.165) is 12.0 Å². The van der Waals surface area contributed by atoms with Crippen LogP contribution in [-0.4, -0.2) is 88.3 Å². The van der Waals surface area contributed by atoms with E-state index in [1.807, 2.05) is 57.2 Å². The third kappa shape index (κ3) is 9.04. The van der Waals surface area contributed by atoms with Gasteiger partial charge in [-0.1, -0.05) is 37.6 Å². The molecule has 1 aromatic carbocycles. The van der Waals surface area contributed by atoms with Crippen molar-refractivity contribution >= 4 is 45.4 Å². The van der Waals surface area contributed by atoms with Crippen molar-refractivity contribution < 1.29 is 42.2 Å². The lowest BCUT2D eigenvalue weighted by Gasteiger charge is -2.32. The van der Waals surface area contributed by atoms with E-state index in [1.165, 1.54) is 11.0 Å². The van der Waals surface area contributed by atoms with E-state index in [9.17, 15) is 32.7 Å². The summed E-state index contributed by atoms with van der Waals surface area (Å²) in [6.45, 7) is 9.17. The van der Waals surface area contributed by atoms with Crippen LogP contribution in [0.5, 0.6) is 11.6 Å². The summed E-state index contributed by atoms with van der Waals surface area (Å²) in [5, 5.41) is 15.4. The van der Waals surface area contributed by atoms with Crippen LogP contribution in [0.4, 0.5) is 4.79 Å². The normalized spacial score (nSPS) is 29.8. The van der Waals surface area contributed by atoms with E-state index in [-0.39, 0.29) is 37.3 Å². The third-order valence-corrected chi connectivity index (χ3v) is 13.5. The molecule has 1 aromatic heterocycles. The predicted molar refractivity (Wildman–Crippen MR) is 205 cm³/mol. The molecule has 2 aliphatic carbocycles. The van der Waals surface area contributed by atoms with Gasteiger partial charge in [0.1, 0.15) is 29.5 Å². The maximum absolute atomic E-state index is 14.4. The number of sulfonamides is 1. The van der Waals surface area contributed by atoms with Gasteiger partial charge in [0.05, 0.1) is 23.1 Å². The Morgan fingerprint density at radius 3 is 2.47 bits per heavy atom. The van der Waals surface area contributed by atoms with E-state index in [2.05, 4.69) is 20.3 Å². The average Bonchev–Trinajstić information content (AvgIpc) is 3.98. The van der Waals surface area contributed by atoms with Gasteiger partial charge in [0, 0.05) is 29.0 Å². The van der Waals surface area contributed by atoms with Crippen molar-refractivity contribution in [3.63, 3.8) is 0 Å². The number of aromatic nitrogens is 1. The Hall–Kier alpha value is -4.37. The fraction of sp³-hybridized carbons (Fsp3) is 0.564. The zero-order chi connectivity index (χ0) is 39.9. The number of carbonyl (C=O) groups excluding carboxylic acids is 3. The fourth-order valence-corrected chi connectivity index (χ4v) is 9.07. The van der Waals surface area contributed by atoms with E-state index in [0.29, 0.717) is 42.1 Å². The lowest BCUT2D eigenvalue weighted by Crippen LogP contribution is -2.59. The van der Waals surface area contributed by atoms with Crippen molar-refractivity contribution in [2.45, 2.75) is 114 Å². The van der Waals surface area contributed by atoms with Crippen LogP contribution < -0.4 is 24.8 Å². The SMILES string of the molecule is CC(C)Oc1ccc(-c2cc(Cl)cc(O[C@@H]3C[C@H]4C(=O)N[C@]5(C(=O)NS(=O)(=O)C6(C)CC6)C[C@H]5/C=C\CC[C@H](C)C[C@@H](C)[C@H](NC(=O)O)C(=O)N4C3)n2)cc1. The molecule has 16 heteroatoms. The minimum Gasteiger partial charge on any atom is -0.491 e. The summed E-state index contributed by atoms with van der Waals surface area (Å²) in [7, 11) is -4.01. The number of pyridine rings is 1. The quantitative estimate of drug-likeness (QED) is 0.249. The summed E-state index contributed by atoms with van der Waals surface area (Å²) in [5.41, 5.74) is -0.293. The smallest absolute Gasteiger partial charge is 0.405 e. The Bertz CT molecular complexity index is 1950. The highest BCUT2D eigenvalue weighted by Gasteiger charge is 2.63. The Balaban J connectivity index is 1.30. The number of amides is 4. The molecular weight excluding hydrogens is 750 g/mol. The zero-order valence-electron chi connectivity index (χ0n) is 31.7. The first-order chi connectivity index (χ1) is 25.9. The van der Waals surface area contributed by atoms with Gasteiger partial charge < -0.3 is 30.1 Å². The van der Waals surface area contributed by atoms with Gasteiger partial charge in [-0.05, 0) is 101 Å². The van der Waals surface area contributed by atoms with Crippen LogP contribution in [-0.2, 0) is 24.4 Å². The Morgan fingerprint density at radius 2 is 1.82 bits per heavy atom. The molecule has 2 aromatic rings. The van der Waals surface area contributed by atoms with Crippen LogP contribution >= 0.6 is 11.6 Å². The molecule has 2 aliphatic heterocycles. The molecule has 4 amide bonds. The maximum Gasteiger partial charge on any atom is 0.405 e. The van der Waals surface area contributed by atoms with Crippen molar-refractivity contribution in [1.82, 2.24) is 25.2 Å². The fourth-order valence-electron chi connectivity index (χ4n) is 7.56. The van der Waals surface area contributed by atoms with Crippen molar-refractivity contribution in [2.75, 3.05) is 6.54 Å². The number of carbonyl (C=O) groups is 4. The molecule has 6 rings (SSSR count). The Labute approximate surface area is 326 Å². The minimum atomic E-state index is -4.01. The highest BCUT2D eigenvalue weighted by Crippen LogP contribution is 2.47. The van der Waals surface area contributed by atoms with E-state index in [1.54, 1.807) is 19.9 Å². The summed E-state index contributed by atoms with van der Waals surface area (Å²) in [5.74, 6) is -2.07. The minimum absolute atomic E-state index is 0.00370. The van der Waals surface area contributed by atoms with Crippen molar-refractivity contribution in [2.24, 2.45) is 17.8 Å². The number of nitrogens with zero attached hydrogens (tertiary/aromatic N) is 2. The van der Waals surface area contributed by atoms with Crippen LogP contribution in [0.15, 0.2) is 48.6 Å². The highest BCUT2D eigenvalue weighted by atomic mass is 35.5. The van der Waals surface area contributed by atoms with Gasteiger partial charge >= 0.3 is 6.09 Å². The lowest BCUT2D eigenvalue weighted by atomic mass is 9.88. The largest absolute Gasteiger partial charge is 0.491 e. The molecule has 14 nitrogen and oxygen atoms in total. The average molecular weight is 800 g/mol. The summed E-state index contributed by atoms with van der Waals surface area (Å²) in [6.07, 6.45) is 4.49. The van der Waals surface area contributed by atoms with Crippen LogP contribution in [0.1, 0.15) is 79.6 Å². The first-order valence-corrected chi connectivity index (χ1v) is 20.7. The molecule has 55 heavy (non-hydrogen) atoms. The predicted octanol–water partition coefficient (Wildman–Crippen LogP) is 5.06. The molecule has 3 fully saturated rings. The molecule has 4 aliphatic rings. The molecule has 0 bridgehead atoms. The molecular formula is C39H50ClN5O9S. The Morgan fingerprint density at radius 1 is 1.11 bits per heavy atom. The molecule has 2 saturated carbocycles. The number of nitrogens with one attached hydrogen (secondary N) is 3. The summed E-state index contributed by atoms with van der Waals surface area (Å²) < 4.78 is 39.5. The number of fused-ring (bicyclic) bond motifs is 2. The topological polar surface area (TPSA) is 193 Å². The molecule has 4 N–H and O–H groups in total. The van der Waals surface area contributed by atoms with E-state index in [4.69, 9.17) is 21.1 Å². The second-order valence-corrected chi connectivity index (χ2v) is 18.7. The molecule has 298 valence electrons. The van der Waals surface area contributed by atoms with Gasteiger partial charge in [-0.25, -0.2) is 18.2 Å². The number of hydrogen-bond acceptors (Lipinski definition) is 9. The van der Waals surface area contributed by atoms with Crippen molar-refractivity contribution in [1.29, 1.82) is 0 Å². The summed E-state index contributed by atoms with van der Waals surface area (Å²) in [6, 6.07) is 8.17. The van der Waals surface area contributed by atoms with Crippen LogP contribution in [0.25, 0.3) is 11.3 Å². The van der Waals surface area contributed by atoms with Crippen LogP contribution in [0.2, 0.25) is 5.02 Å². The number of rotatable bonds is 9. The first kappa shape index (κ1) is 40.3. The standard InChI is InChI=1S/C39H50ClN5O9S/c1-22(2)53-28-12-10-25(11-13-28)30-17-27(40)18-32(41-30)54-29-19-31-34(46)43-39(36(48)44-55(51,52)38(5)14-15-38)20-26(39)9-7-6-8-23(3)16-24(4)33(42-37(49)50)35(47)45(31)21-29/h7,9-13,17-18,22-24,26,29,31,33,42H,6,8,14-16,19-21H2,1-5H3,(H,43,46)(H,44,48)(H,49,50)/b9-7-/t23-,24+,26+,29+,31-,33-,39+/m0/s1. The maximum atomic E-state index is 14.4. The molecule has 0 spiro atoms. The van der Waals surface area contributed by atoms with Gasteiger partial charge in [0.2, 0.25) is 27.7 Å².